The molecule has 0 atom stereocenters. The maximum Gasteiger partial charge on any atom is 0.335 e. The molecule has 1 N–H and O–H groups in total. The number of hydrogen-bond donors (Lipinski definition) is 1. The Morgan fingerprint density at radius 2 is 1.60 bits per heavy atom. The van der Waals surface area contributed by atoms with Gasteiger partial charge in [0.25, 0.3) is 0 Å². The molecule has 5 heteroatoms. The van der Waals surface area contributed by atoms with Gasteiger partial charge in [-0.3, -0.25) is 0 Å². The highest BCUT2D eigenvalue weighted by Gasteiger charge is 2.09. The summed E-state index contributed by atoms with van der Waals surface area (Å²) in [4.78, 5) is 10.9. The van der Waals surface area contributed by atoms with Crippen LogP contribution in [0.5, 0.6) is 17.2 Å². The zero-order chi connectivity index (χ0) is 17.6. The van der Waals surface area contributed by atoms with E-state index in [1.54, 1.807) is 24.3 Å². The van der Waals surface area contributed by atoms with Crippen LogP contribution >= 0.6 is 11.6 Å². The van der Waals surface area contributed by atoms with Crippen molar-refractivity contribution < 1.29 is 19.4 Å². The van der Waals surface area contributed by atoms with Gasteiger partial charge in [0.15, 0.2) is 0 Å². The highest BCUT2D eigenvalue weighted by molar-refractivity contribution is 6.32. The van der Waals surface area contributed by atoms with E-state index >= 15 is 0 Å². The lowest BCUT2D eigenvalue weighted by atomic mass is 10.2. The third-order valence-electron chi connectivity index (χ3n) is 3.48. The van der Waals surface area contributed by atoms with Gasteiger partial charge >= 0.3 is 5.97 Å². The predicted molar refractivity (Wildman–Crippen MR) is 95.7 cm³/mol. The summed E-state index contributed by atoms with van der Waals surface area (Å²) in [5.41, 5.74) is 1.20. The summed E-state index contributed by atoms with van der Waals surface area (Å²) in [6, 6.07) is 21.4. The lowest BCUT2D eigenvalue weighted by molar-refractivity contribution is 0.0697. The summed E-state index contributed by atoms with van der Waals surface area (Å²) in [7, 11) is 0. The first-order chi connectivity index (χ1) is 12.1. The van der Waals surface area contributed by atoms with Crippen LogP contribution in [0, 0.1) is 0 Å². The van der Waals surface area contributed by atoms with Gasteiger partial charge in [0.2, 0.25) is 0 Å². The number of carboxylic acid groups (broad SMARTS) is 1. The third-order valence-corrected chi connectivity index (χ3v) is 3.77. The first kappa shape index (κ1) is 16.9. The largest absolute Gasteiger partial charge is 0.489 e. The number of halogens is 1. The molecule has 0 heterocycles. The van der Waals surface area contributed by atoms with E-state index in [9.17, 15) is 4.79 Å². The van der Waals surface area contributed by atoms with Crippen LogP contribution in [-0.4, -0.2) is 11.1 Å². The Bertz CT molecular complexity index is 861. The van der Waals surface area contributed by atoms with E-state index in [4.69, 9.17) is 26.2 Å². The van der Waals surface area contributed by atoms with E-state index in [2.05, 4.69) is 0 Å². The first-order valence-electron chi connectivity index (χ1n) is 7.59. The average Bonchev–Trinajstić information content (AvgIpc) is 2.63. The summed E-state index contributed by atoms with van der Waals surface area (Å²) in [5.74, 6) is 0.665. The highest BCUT2D eigenvalue weighted by Crippen LogP contribution is 2.31. The summed E-state index contributed by atoms with van der Waals surface area (Å²) in [6.45, 7) is 0.490. The Morgan fingerprint density at radius 1 is 0.920 bits per heavy atom. The van der Waals surface area contributed by atoms with Crippen molar-refractivity contribution in [3.8, 4) is 17.2 Å². The van der Waals surface area contributed by atoms with Gasteiger partial charge in [-0.1, -0.05) is 41.9 Å². The number of hydrogen-bond acceptors (Lipinski definition) is 3. The van der Waals surface area contributed by atoms with Crippen molar-refractivity contribution in [2.75, 3.05) is 0 Å². The van der Waals surface area contributed by atoms with Crippen LogP contribution in [0.1, 0.15) is 15.9 Å². The van der Waals surface area contributed by atoms with Gasteiger partial charge in [0.1, 0.15) is 23.9 Å². The van der Waals surface area contributed by atoms with Crippen molar-refractivity contribution in [3.05, 3.63) is 88.9 Å². The van der Waals surface area contributed by atoms with Crippen molar-refractivity contribution in [2.45, 2.75) is 6.61 Å². The molecular weight excluding hydrogens is 340 g/mol. The zero-order valence-electron chi connectivity index (χ0n) is 13.2. The molecule has 0 aliphatic carbocycles. The third kappa shape index (κ3) is 4.52. The Hall–Kier alpha value is -2.98. The minimum Gasteiger partial charge on any atom is -0.489 e. The minimum atomic E-state index is -1.03. The lowest BCUT2D eigenvalue weighted by Crippen LogP contribution is -1.96. The SMILES string of the molecule is O=C(O)c1ccc(Oc2ccc(OCc3ccccc3)cc2)c(Cl)c1. The fraction of sp³-hybridized carbons (Fsp3) is 0.0500. The molecular formula is C20H15ClO4. The Morgan fingerprint density at radius 3 is 2.24 bits per heavy atom. The molecule has 0 radical (unpaired) electrons. The van der Waals surface area contributed by atoms with Crippen molar-refractivity contribution >= 4 is 17.6 Å². The molecule has 0 bridgehead atoms. The number of rotatable bonds is 6. The Labute approximate surface area is 150 Å². The molecule has 126 valence electrons. The molecule has 0 aliphatic heterocycles. The van der Waals surface area contributed by atoms with Gasteiger partial charge < -0.3 is 14.6 Å². The second-order valence-corrected chi connectivity index (χ2v) is 5.71. The fourth-order valence-electron chi connectivity index (χ4n) is 2.19. The van der Waals surface area contributed by atoms with Crippen molar-refractivity contribution in [1.29, 1.82) is 0 Å². The van der Waals surface area contributed by atoms with Crippen molar-refractivity contribution in [1.82, 2.24) is 0 Å². The Kier molecular flexibility index (Phi) is 5.21. The molecule has 0 aromatic heterocycles. The molecule has 3 aromatic carbocycles. The monoisotopic (exact) mass is 354 g/mol. The number of carbonyl (C=O) groups is 1. The topological polar surface area (TPSA) is 55.8 Å². The van der Waals surface area contributed by atoms with Crippen LogP contribution in [0.25, 0.3) is 0 Å². The van der Waals surface area contributed by atoms with Crippen LogP contribution in [-0.2, 0) is 6.61 Å². The van der Waals surface area contributed by atoms with Gasteiger partial charge in [-0.05, 0) is 48.0 Å². The number of carboxylic acids is 1. The average molecular weight is 355 g/mol. The molecule has 0 saturated carbocycles. The molecule has 4 nitrogen and oxygen atoms in total. The number of benzene rings is 3. The molecule has 25 heavy (non-hydrogen) atoms. The molecule has 3 rings (SSSR count). The summed E-state index contributed by atoms with van der Waals surface area (Å²) in [6.07, 6.45) is 0. The maximum absolute atomic E-state index is 10.9. The molecule has 0 spiro atoms. The molecule has 0 aliphatic rings. The van der Waals surface area contributed by atoms with Crippen molar-refractivity contribution in [3.63, 3.8) is 0 Å². The minimum absolute atomic E-state index is 0.113. The zero-order valence-corrected chi connectivity index (χ0v) is 13.9. The van der Waals surface area contributed by atoms with E-state index in [0.29, 0.717) is 18.1 Å². The predicted octanol–water partition coefficient (Wildman–Crippen LogP) is 5.41. The van der Waals surface area contributed by atoms with Crippen LogP contribution in [0.4, 0.5) is 0 Å². The van der Waals surface area contributed by atoms with Crippen LogP contribution in [0.3, 0.4) is 0 Å². The quantitative estimate of drug-likeness (QED) is 0.643. The summed E-state index contributed by atoms with van der Waals surface area (Å²) >= 11 is 6.06. The van der Waals surface area contributed by atoms with Gasteiger partial charge in [-0.25, -0.2) is 4.79 Å². The Balaban J connectivity index is 1.63. The summed E-state index contributed by atoms with van der Waals surface area (Å²) < 4.78 is 11.4. The van der Waals surface area contributed by atoms with Crippen LogP contribution < -0.4 is 9.47 Å². The second-order valence-electron chi connectivity index (χ2n) is 5.30. The molecule has 3 aromatic rings. The second kappa shape index (κ2) is 7.73. The maximum atomic E-state index is 10.9. The number of ether oxygens (including phenoxy) is 2. The van der Waals surface area contributed by atoms with E-state index in [0.717, 1.165) is 11.3 Å². The normalized spacial score (nSPS) is 10.3. The summed E-state index contributed by atoms with van der Waals surface area (Å²) in [5, 5.41) is 9.18. The van der Waals surface area contributed by atoms with E-state index in [-0.39, 0.29) is 10.6 Å². The van der Waals surface area contributed by atoms with Gasteiger partial charge in [-0.2, -0.15) is 0 Å². The van der Waals surface area contributed by atoms with E-state index in [1.165, 1.54) is 18.2 Å². The standard InChI is InChI=1S/C20H15ClO4/c21-18-12-15(20(22)23)6-11-19(18)25-17-9-7-16(8-10-17)24-13-14-4-2-1-3-5-14/h1-12H,13H2,(H,22,23). The van der Waals surface area contributed by atoms with Crippen LogP contribution in [0.15, 0.2) is 72.8 Å². The lowest BCUT2D eigenvalue weighted by Gasteiger charge is -2.10. The van der Waals surface area contributed by atoms with Crippen LogP contribution in [0.2, 0.25) is 5.02 Å². The fourth-order valence-corrected chi connectivity index (χ4v) is 2.41. The highest BCUT2D eigenvalue weighted by atomic mass is 35.5. The van der Waals surface area contributed by atoms with Gasteiger partial charge in [-0.15, -0.1) is 0 Å². The molecule has 0 saturated heterocycles. The molecule has 0 fully saturated rings. The molecule has 0 unspecified atom stereocenters. The molecule has 0 amide bonds. The van der Waals surface area contributed by atoms with E-state index < -0.39 is 5.97 Å². The smallest absolute Gasteiger partial charge is 0.335 e. The van der Waals surface area contributed by atoms with Gasteiger partial charge in [0.05, 0.1) is 10.6 Å². The van der Waals surface area contributed by atoms with Crippen molar-refractivity contribution in [2.24, 2.45) is 0 Å². The number of aromatic carboxylic acids is 1. The first-order valence-corrected chi connectivity index (χ1v) is 7.97. The van der Waals surface area contributed by atoms with Gasteiger partial charge in [0, 0.05) is 0 Å². The van der Waals surface area contributed by atoms with E-state index in [1.807, 2.05) is 30.3 Å².